The van der Waals surface area contributed by atoms with Gasteiger partial charge < -0.3 is 9.88 Å². The van der Waals surface area contributed by atoms with Crippen LogP contribution in [0.2, 0.25) is 5.02 Å². The first-order chi connectivity index (χ1) is 11.0. The molecule has 5 heteroatoms. The smallest absolute Gasteiger partial charge is 0.275 e. The summed E-state index contributed by atoms with van der Waals surface area (Å²) < 4.78 is 1.52. The van der Waals surface area contributed by atoms with Gasteiger partial charge in [0.25, 0.3) is 5.56 Å². The lowest BCUT2D eigenvalue weighted by molar-refractivity contribution is -0.114. The van der Waals surface area contributed by atoms with Crippen molar-refractivity contribution in [3.05, 3.63) is 63.9 Å². The van der Waals surface area contributed by atoms with Crippen LogP contribution in [0.5, 0.6) is 0 Å². The van der Waals surface area contributed by atoms with Crippen molar-refractivity contribution in [2.24, 2.45) is 7.05 Å². The van der Waals surface area contributed by atoms with Crippen LogP contribution in [0.4, 0.5) is 5.69 Å². The number of anilines is 1. The Hall–Kier alpha value is -2.59. The second-order valence-corrected chi connectivity index (χ2v) is 5.76. The summed E-state index contributed by atoms with van der Waals surface area (Å²) in [6, 6.07) is 14.9. The van der Waals surface area contributed by atoms with Gasteiger partial charge in [0, 0.05) is 29.9 Å². The molecule has 0 fully saturated rings. The molecule has 0 bridgehead atoms. The highest BCUT2D eigenvalue weighted by Crippen LogP contribution is 2.34. The number of hydrogen-bond acceptors (Lipinski definition) is 2. The quantitative estimate of drug-likeness (QED) is 0.778. The van der Waals surface area contributed by atoms with Crippen molar-refractivity contribution in [2.45, 2.75) is 6.92 Å². The lowest BCUT2D eigenvalue weighted by Gasteiger charge is -2.16. The van der Waals surface area contributed by atoms with Gasteiger partial charge in [-0.1, -0.05) is 41.9 Å². The Bertz CT molecular complexity index is 962. The Morgan fingerprint density at radius 1 is 1.13 bits per heavy atom. The molecule has 0 aliphatic heterocycles. The van der Waals surface area contributed by atoms with Crippen molar-refractivity contribution in [3.63, 3.8) is 0 Å². The number of fused-ring (bicyclic) bond motifs is 1. The molecule has 3 aromatic rings. The fourth-order valence-corrected chi connectivity index (χ4v) is 2.89. The van der Waals surface area contributed by atoms with Crippen molar-refractivity contribution >= 4 is 34.1 Å². The van der Waals surface area contributed by atoms with E-state index >= 15 is 0 Å². The lowest BCUT2D eigenvalue weighted by Crippen LogP contribution is -2.24. The van der Waals surface area contributed by atoms with Gasteiger partial charge in [-0.2, -0.15) is 0 Å². The van der Waals surface area contributed by atoms with Gasteiger partial charge in [0.1, 0.15) is 5.69 Å². The topological polar surface area (TPSA) is 51.1 Å². The van der Waals surface area contributed by atoms with E-state index in [2.05, 4.69) is 5.32 Å². The van der Waals surface area contributed by atoms with Crippen LogP contribution >= 0.6 is 11.6 Å². The first-order valence-corrected chi connectivity index (χ1v) is 7.52. The number of hydrogen-bond donors (Lipinski definition) is 1. The summed E-state index contributed by atoms with van der Waals surface area (Å²) in [4.78, 5) is 24.3. The molecule has 1 N–H and O–H groups in total. The molecular weight excluding hydrogens is 312 g/mol. The van der Waals surface area contributed by atoms with Crippen molar-refractivity contribution in [1.82, 2.24) is 4.57 Å². The molecule has 0 saturated carbocycles. The SMILES string of the molecule is CC(=O)Nc1c(-c2ccccc2)c2cc(Cl)ccc2n(C)c1=O. The van der Waals surface area contributed by atoms with E-state index in [0.29, 0.717) is 10.6 Å². The van der Waals surface area contributed by atoms with Gasteiger partial charge in [0.05, 0.1) is 5.52 Å². The maximum absolute atomic E-state index is 12.7. The van der Waals surface area contributed by atoms with E-state index in [-0.39, 0.29) is 17.2 Å². The summed E-state index contributed by atoms with van der Waals surface area (Å²) in [7, 11) is 1.68. The maximum atomic E-state index is 12.7. The first-order valence-electron chi connectivity index (χ1n) is 7.14. The van der Waals surface area contributed by atoms with Crippen molar-refractivity contribution in [3.8, 4) is 11.1 Å². The third-order valence-electron chi connectivity index (χ3n) is 3.72. The van der Waals surface area contributed by atoms with Gasteiger partial charge in [-0.3, -0.25) is 9.59 Å². The second-order valence-electron chi connectivity index (χ2n) is 5.32. The largest absolute Gasteiger partial charge is 0.321 e. The molecule has 23 heavy (non-hydrogen) atoms. The maximum Gasteiger partial charge on any atom is 0.275 e. The Kier molecular flexibility index (Phi) is 3.92. The summed E-state index contributed by atoms with van der Waals surface area (Å²) >= 11 is 6.15. The van der Waals surface area contributed by atoms with Crippen molar-refractivity contribution < 1.29 is 4.79 Å². The minimum atomic E-state index is -0.291. The molecule has 0 spiro atoms. The van der Waals surface area contributed by atoms with Crippen LogP contribution in [0.1, 0.15) is 6.92 Å². The molecule has 1 aromatic heterocycles. The third-order valence-corrected chi connectivity index (χ3v) is 3.96. The number of pyridine rings is 1. The number of halogens is 1. The Morgan fingerprint density at radius 2 is 1.83 bits per heavy atom. The molecule has 0 saturated heterocycles. The van der Waals surface area contributed by atoms with E-state index in [1.54, 1.807) is 13.1 Å². The molecule has 0 aliphatic carbocycles. The molecule has 0 atom stereocenters. The fraction of sp³-hybridized carbons (Fsp3) is 0.111. The van der Waals surface area contributed by atoms with Gasteiger partial charge in [-0.05, 0) is 23.8 Å². The standard InChI is InChI=1S/C18H15ClN2O2/c1-11(22)20-17-16(12-6-4-3-5-7-12)14-10-13(19)8-9-15(14)21(2)18(17)23/h3-10H,1-2H3,(H,20,22). The van der Waals surface area contributed by atoms with Crippen LogP contribution < -0.4 is 10.9 Å². The highest BCUT2D eigenvalue weighted by atomic mass is 35.5. The monoisotopic (exact) mass is 326 g/mol. The molecule has 0 unspecified atom stereocenters. The highest BCUT2D eigenvalue weighted by molar-refractivity contribution is 6.31. The molecule has 0 radical (unpaired) electrons. The van der Waals surface area contributed by atoms with E-state index in [4.69, 9.17) is 11.6 Å². The molecule has 2 aromatic carbocycles. The van der Waals surface area contributed by atoms with Crippen LogP contribution in [-0.4, -0.2) is 10.5 Å². The zero-order valence-electron chi connectivity index (χ0n) is 12.8. The van der Waals surface area contributed by atoms with E-state index in [0.717, 1.165) is 16.5 Å². The zero-order valence-corrected chi connectivity index (χ0v) is 13.5. The number of carbonyl (C=O) groups is 1. The number of benzene rings is 2. The van der Waals surface area contributed by atoms with E-state index in [1.807, 2.05) is 42.5 Å². The van der Waals surface area contributed by atoms with E-state index in [1.165, 1.54) is 11.5 Å². The normalized spacial score (nSPS) is 10.7. The summed E-state index contributed by atoms with van der Waals surface area (Å²) in [5, 5.41) is 4.06. The van der Waals surface area contributed by atoms with E-state index in [9.17, 15) is 9.59 Å². The van der Waals surface area contributed by atoms with E-state index < -0.39 is 0 Å². The number of amides is 1. The zero-order chi connectivity index (χ0) is 16.6. The number of aryl methyl sites for hydroxylation is 1. The molecule has 3 rings (SSSR count). The molecule has 1 heterocycles. The number of carbonyl (C=O) groups excluding carboxylic acids is 1. The molecule has 116 valence electrons. The molecular formula is C18H15ClN2O2. The predicted molar refractivity (Wildman–Crippen MR) is 93.9 cm³/mol. The number of aromatic nitrogens is 1. The average Bonchev–Trinajstić information content (AvgIpc) is 2.53. The van der Waals surface area contributed by atoms with Crippen molar-refractivity contribution in [1.29, 1.82) is 0 Å². The highest BCUT2D eigenvalue weighted by Gasteiger charge is 2.17. The number of nitrogens with one attached hydrogen (secondary N) is 1. The Morgan fingerprint density at radius 3 is 2.48 bits per heavy atom. The van der Waals surface area contributed by atoms with Gasteiger partial charge in [-0.15, -0.1) is 0 Å². The number of nitrogens with zero attached hydrogens (tertiary/aromatic N) is 1. The van der Waals surface area contributed by atoms with Crippen LogP contribution in [0, 0.1) is 0 Å². The van der Waals surface area contributed by atoms with Crippen LogP contribution in [0.25, 0.3) is 22.0 Å². The Balaban J connectivity index is 2.51. The molecule has 1 amide bonds. The van der Waals surface area contributed by atoms with Gasteiger partial charge in [0.15, 0.2) is 0 Å². The minimum Gasteiger partial charge on any atom is -0.321 e. The van der Waals surface area contributed by atoms with Gasteiger partial charge in [0.2, 0.25) is 5.91 Å². The molecule has 0 aliphatic rings. The Labute approximate surface area is 138 Å². The van der Waals surface area contributed by atoms with Crippen LogP contribution in [-0.2, 0) is 11.8 Å². The number of rotatable bonds is 2. The van der Waals surface area contributed by atoms with Crippen LogP contribution in [0.3, 0.4) is 0 Å². The lowest BCUT2D eigenvalue weighted by atomic mass is 9.99. The molecule has 4 nitrogen and oxygen atoms in total. The minimum absolute atomic E-state index is 0.256. The summed E-state index contributed by atoms with van der Waals surface area (Å²) in [6.45, 7) is 1.39. The fourth-order valence-electron chi connectivity index (χ4n) is 2.72. The average molecular weight is 327 g/mol. The third kappa shape index (κ3) is 2.73. The van der Waals surface area contributed by atoms with Gasteiger partial charge >= 0.3 is 0 Å². The van der Waals surface area contributed by atoms with Gasteiger partial charge in [-0.25, -0.2) is 0 Å². The summed E-state index contributed by atoms with van der Waals surface area (Å²) in [5.74, 6) is -0.291. The summed E-state index contributed by atoms with van der Waals surface area (Å²) in [6.07, 6.45) is 0. The summed E-state index contributed by atoms with van der Waals surface area (Å²) in [5.41, 5.74) is 2.30. The van der Waals surface area contributed by atoms with Crippen molar-refractivity contribution in [2.75, 3.05) is 5.32 Å². The predicted octanol–water partition coefficient (Wildman–Crippen LogP) is 3.82. The first kappa shape index (κ1) is 15.3. The van der Waals surface area contributed by atoms with Crippen LogP contribution in [0.15, 0.2) is 53.3 Å². The second kappa shape index (κ2) is 5.89.